The number of hydrogen-bond donors (Lipinski definition) is 1. The number of fused-ring (bicyclic) bond motifs is 1. The Morgan fingerprint density at radius 3 is 2.38 bits per heavy atom. The van der Waals surface area contributed by atoms with Crippen molar-refractivity contribution in [2.75, 3.05) is 44.3 Å². The van der Waals surface area contributed by atoms with Gasteiger partial charge >= 0.3 is 5.97 Å². The monoisotopic (exact) mass is 290 g/mol. The van der Waals surface area contributed by atoms with Crippen LogP contribution in [0.5, 0.6) is 0 Å². The number of anilines is 1. The van der Waals surface area contributed by atoms with Gasteiger partial charge in [-0.25, -0.2) is 14.8 Å². The lowest BCUT2D eigenvalue weighted by Crippen LogP contribution is -2.42. The zero-order valence-corrected chi connectivity index (χ0v) is 11.7. The molecule has 0 radical (unpaired) electrons. The first-order valence-corrected chi connectivity index (χ1v) is 7.36. The maximum Gasteiger partial charge on any atom is 0.338 e. The predicted octanol–water partition coefficient (Wildman–Crippen LogP) is -0.0584. The van der Waals surface area contributed by atoms with Crippen LogP contribution in [0.2, 0.25) is 0 Å². The molecule has 3 heterocycles. The number of carboxylic acids is 1. The fourth-order valence-corrected chi connectivity index (χ4v) is 3.67. The highest BCUT2D eigenvalue weighted by Gasteiger charge is 2.58. The molecule has 4 rings (SSSR count). The third-order valence-corrected chi connectivity index (χ3v) is 4.78. The van der Waals surface area contributed by atoms with Gasteiger partial charge in [-0.1, -0.05) is 0 Å². The minimum atomic E-state index is -0.988. The van der Waals surface area contributed by atoms with E-state index in [2.05, 4.69) is 19.8 Å². The van der Waals surface area contributed by atoms with E-state index in [-0.39, 0.29) is 5.56 Å². The quantitative estimate of drug-likeness (QED) is 0.835. The Hall–Kier alpha value is -1.73. The SMILES string of the molecule is O=C(O)c1cnc(N2CC3C(C2)C3N2CCOCC2)nc1. The maximum absolute atomic E-state index is 10.8. The van der Waals surface area contributed by atoms with Gasteiger partial charge in [0.05, 0.1) is 18.8 Å². The number of carboxylic acid groups (broad SMARTS) is 1. The predicted molar refractivity (Wildman–Crippen MR) is 74.4 cm³/mol. The van der Waals surface area contributed by atoms with Crippen LogP contribution in [0.4, 0.5) is 5.95 Å². The van der Waals surface area contributed by atoms with E-state index < -0.39 is 5.97 Å². The van der Waals surface area contributed by atoms with E-state index in [0.29, 0.717) is 23.8 Å². The van der Waals surface area contributed by atoms with Crippen LogP contribution in [0.25, 0.3) is 0 Å². The second-order valence-corrected chi connectivity index (χ2v) is 5.95. The number of aromatic nitrogens is 2. The van der Waals surface area contributed by atoms with Gasteiger partial charge in [0, 0.05) is 44.6 Å². The summed E-state index contributed by atoms with van der Waals surface area (Å²) in [4.78, 5) is 23.9. The lowest BCUT2D eigenvalue weighted by atomic mass is 10.3. The van der Waals surface area contributed by atoms with Crippen molar-refractivity contribution in [1.29, 1.82) is 0 Å². The Kier molecular flexibility index (Phi) is 3.04. The van der Waals surface area contributed by atoms with Crippen LogP contribution in [0.15, 0.2) is 12.4 Å². The van der Waals surface area contributed by atoms with Crippen LogP contribution in [-0.2, 0) is 4.74 Å². The van der Waals surface area contributed by atoms with Crippen molar-refractivity contribution >= 4 is 11.9 Å². The molecule has 7 nitrogen and oxygen atoms in total. The first-order valence-electron chi connectivity index (χ1n) is 7.36. The van der Waals surface area contributed by atoms with Crippen LogP contribution in [0, 0.1) is 11.8 Å². The summed E-state index contributed by atoms with van der Waals surface area (Å²) in [6, 6.07) is 0.698. The molecule has 3 aliphatic rings. The molecule has 2 aliphatic heterocycles. The van der Waals surface area contributed by atoms with Crippen molar-refractivity contribution in [2.24, 2.45) is 11.8 Å². The molecular formula is C14H18N4O3. The Bertz CT molecular complexity index is 532. The van der Waals surface area contributed by atoms with E-state index in [1.165, 1.54) is 12.4 Å². The van der Waals surface area contributed by atoms with Gasteiger partial charge in [-0.15, -0.1) is 0 Å². The van der Waals surface area contributed by atoms with Gasteiger partial charge in [-0.05, 0) is 11.8 Å². The standard InChI is InChI=1S/C14H18N4O3/c19-13(20)9-5-15-14(16-6-9)18-7-10-11(8-18)12(10)17-1-3-21-4-2-17/h5-6,10-12H,1-4,7-8H2,(H,19,20). The smallest absolute Gasteiger partial charge is 0.338 e. The normalized spacial score (nSPS) is 32.0. The largest absolute Gasteiger partial charge is 0.478 e. The lowest BCUT2D eigenvalue weighted by molar-refractivity contribution is 0.0292. The Morgan fingerprint density at radius 1 is 1.19 bits per heavy atom. The molecule has 0 amide bonds. The fourth-order valence-electron chi connectivity index (χ4n) is 3.67. The zero-order chi connectivity index (χ0) is 14.4. The third kappa shape index (κ3) is 2.26. The van der Waals surface area contributed by atoms with E-state index >= 15 is 0 Å². The summed E-state index contributed by atoms with van der Waals surface area (Å²) in [5.74, 6) is 1.06. The molecule has 7 heteroatoms. The number of ether oxygens (including phenoxy) is 1. The summed E-state index contributed by atoms with van der Waals surface area (Å²) >= 11 is 0. The van der Waals surface area contributed by atoms with Gasteiger partial charge in [0.15, 0.2) is 0 Å². The number of piperidine rings is 1. The minimum absolute atomic E-state index is 0.134. The van der Waals surface area contributed by atoms with Gasteiger partial charge in [-0.3, -0.25) is 4.90 Å². The topological polar surface area (TPSA) is 78.8 Å². The molecule has 0 aromatic carbocycles. The first kappa shape index (κ1) is 13.0. The molecule has 1 N–H and O–H groups in total. The van der Waals surface area contributed by atoms with E-state index in [1.54, 1.807) is 0 Å². The molecule has 112 valence electrons. The molecule has 1 saturated carbocycles. The highest BCUT2D eigenvalue weighted by Crippen LogP contribution is 2.49. The highest BCUT2D eigenvalue weighted by atomic mass is 16.5. The molecule has 0 bridgehead atoms. The van der Waals surface area contributed by atoms with Gasteiger partial charge in [0.1, 0.15) is 0 Å². The van der Waals surface area contributed by atoms with E-state index in [1.807, 2.05) is 0 Å². The average molecular weight is 290 g/mol. The summed E-state index contributed by atoms with van der Waals surface area (Å²) in [6.45, 7) is 5.72. The average Bonchev–Trinajstić information content (AvgIpc) is 3.02. The molecule has 21 heavy (non-hydrogen) atoms. The number of hydrogen-bond acceptors (Lipinski definition) is 6. The molecular weight excluding hydrogens is 272 g/mol. The van der Waals surface area contributed by atoms with Crippen LogP contribution >= 0.6 is 0 Å². The van der Waals surface area contributed by atoms with E-state index in [0.717, 1.165) is 39.4 Å². The van der Waals surface area contributed by atoms with Crippen LogP contribution in [-0.4, -0.2) is 71.4 Å². The van der Waals surface area contributed by atoms with Crippen molar-refractivity contribution in [2.45, 2.75) is 6.04 Å². The van der Waals surface area contributed by atoms with Gasteiger partial charge in [0.25, 0.3) is 0 Å². The van der Waals surface area contributed by atoms with E-state index in [4.69, 9.17) is 9.84 Å². The van der Waals surface area contributed by atoms with Gasteiger partial charge in [-0.2, -0.15) is 0 Å². The molecule has 2 saturated heterocycles. The molecule has 0 spiro atoms. The van der Waals surface area contributed by atoms with Gasteiger partial charge < -0.3 is 14.7 Å². The van der Waals surface area contributed by atoms with Crippen molar-refractivity contribution < 1.29 is 14.6 Å². The molecule has 1 aromatic rings. The Morgan fingerprint density at radius 2 is 1.81 bits per heavy atom. The molecule has 2 atom stereocenters. The van der Waals surface area contributed by atoms with Crippen LogP contribution in [0.3, 0.4) is 0 Å². The van der Waals surface area contributed by atoms with Gasteiger partial charge in [0.2, 0.25) is 5.95 Å². The summed E-state index contributed by atoms with van der Waals surface area (Å²) < 4.78 is 5.40. The third-order valence-electron chi connectivity index (χ3n) is 4.78. The second kappa shape index (κ2) is 4.92. The van der Waals surface area contributed by atoms with Crippen molar-refractivity contribution in [3.63, 3.8) is 0 Å². The molecule has 2 unspecified atom stereocenters. The summed E-state index contributed by atoms with van der Waals surface area (Å²) in [6.07, 6.45) is 2.77. The van der Waals surface area contributed by atoms with Crippen LogP contribution < -0.4 is 4.90 Å². The zero-order valence-electron chi connectivity index (χ0n) is 11.7. The number of morpholine rings is 1. The number of rotatable bonds is 3. The highest BCUT2D eigenvalue weighted by molar-refractivity contribution is 5.86. The fraction of sp³-hybridized carbons (Fsp3) is 0.643. The molecule has 1 aromatic heterocycles. The van der Waals surface area contributed by atoms with Crippen molar-refractivity contribution in [3.05, 3.63) is 18.0 Å². The van der Waals surface area contributed by atoms with Crippen molar-refractivity contribution in [3.8, 4) is 0 Å². The first-order chi connectivity index (χ1) is 10.2. The number of nitrogens with zero attached hydrogens (tertiary/aromatic N) is 4. The summed E-state index contributed by atoms with van der Waals surface area (Å²) in [7, 11) is 0. The maximum atomic E-state index is 10.8. The van der Waals surface area contributed by atoms with Crippen LogP contribution in [0.1, 0.15) is 10.4 Å². The minimum Gasteiger partial charge on any atom is -0.478 e. The second-order valence-electron chi connectivity index (χ2n) is 5.95. The number of carbonyl (C=O) groups is 1. The lowest BCUT2D eigenvalue weighted by Gasteiger charge is -2.30. The van der Waals surface area contributed by atoms with Crippen molar-refractivity contribution in [1.82, 2.24) is 14.9 Å². The summed E-state index contributed by atoms with van der Waals surface area (Å²) in [5, 5.41) is 8.86. The Labute approximate surface area is 122 Å². The molecule has 1 aliphatic carbocycles. The van der Waals surface area contributed by atoms with E-state index in [9.17, 15) is 4.79 Å². The Balaban J connectivity index is 1.37. The number of aromatic carboxylic acids is 1. The summed E-state index contributed by atoms with van der Waals surface area (Å²) in [5.41, 5.74) is 0.134. The molecule has 3 fully saturated rings.